The zero-order chi connectivity index (χ0) is 20.3. The molecule has 0 saturated carbocycles. The fourth-order valence-electron chi connectivity index (χ4n) is 1.82. The molecule has 0 spiro atoms. The van der Waals surface area contributed by atoms with Gasteiger partial charge in [0.05, 0.1) is 0 Å². The fraction of sp³-hybridized carbons (Fsp3) is 0.467. The maximum absolute atomic E-state index is 12.6. The van der Waals surface area contributed by atoms with Gasteiger partial charge in [0.15, 0.2) is 11.5 Å². The molecule has 7 nitrogen and oxygen atoms in total. The van der Waals surface area contributed by atoms with E-state index in [1.54, 1.807) is 0 Å². The van der Waals surface area contributed by atoms with Crippen LogP contribution in [0, 0.1) is 0 Å². The summed E-state index contributed by atoms with van der Waals surface area (Å²) in [4.78, 5) is 22.0. The number of fused-ring (bicyclic) bond motifs is 1. The molecule has 1 heterocycles. The monoisotopic (exact) mass is 411 g/mol. The number of hydrogen-bond donors (Lipinski definition) is 4. The molecule has 1 aliphatic heterocycles. The Morgan fingerprint density at radius 3 is 1.96 bits per heavy atom. The topological polar surface area (TPSA) is 93.9 Å². The first kappa shape index (κ1) is 24.3. The van der Waals surface area contributed by atoms with Gasteiger partial charge in [-0.15, -0.1) is 8.78 Å². The molecule has 3 N–H and O–H groups in total. The Hall–Kier alpha value is -1.72. The average molecular weight is 411 g/mol. The lowest BCUT2D eigenvalue weighted by atomic mass is 10.3. The predicted molar refractivity (Wildman–Crippen MR) is 103 cm³/mol. The summed E-state index contributed by atoms with van der Waals surface area (Å²) in [6, 6.07) is 3.90. The van der Waals surface area contributed by atoms with Gasteiger partial charge in [-0.25, -0.2) is 0 Å². The number of carbonyl (C=O) groups excluding carboxylic acids is 2. The molecule has 0 bridgehead atoms. The van der Waals surface area contributed by atoms with Crippen LogP contribution in [0.1, 0.15) is 20.8 Å². The first-order valence-corrected chi connectivity index (χ1v) is 8.54. The molecule has 0 radical (unpaired) electrons. The highest BCUT2D eigenvalue weighted by atomic mass is 32.1. The van der Waals surface area contributed by atoms with Gasteiger partial charge in [0.1, 0.15) is 0 Å². The van der Waals surface area contributed by atoms with Gasteiger partial charge in [-0.05, 0) is 31.8 Å². The Kier molecular flexibility index (Phi) is 11.0. The lowest BCUT2D eigenvalue weighted by Gasteiger charge is -2.13. The minimum atomic E-state index is -3.65. The number of nitrogens with two attached hydrogens (primary N) is 1. The second-order valence-electron chi connectivity index (χ2n) is 4.72. The van der Waals surface area contributed by atoms with Crippen LogP contribution in [0.15, 0.2) is 18.2 Å². The molecule has 1 aromatic carbocycles. The van der Waals surface area contributed by atoms with Crippen molar-refractivity contribution in [1.82, 2.24) is 4.90 Å². The summed E-state index contributed by atoms with van der Waals surface area (Å²) in [5, 5.41) is 1.07. The second-order valence-corrected chi connectivity index (χ2v) is 5.56. The van der Waals surface area contributed by atoms with E-state index < -0.39 is 16.8 Å². The Bertz CT molecular complexity index is 593. The maximum Gasteiger partial charge on any atom is 0.586 e. The van der Waals surface area contributed by atoms with Crippen LogP contribution >= 0.6 is 25.3 Å². The molecule has 0 atom stereocenters. The van der Waals surface area contributed by atoms with Crippen LogP contribution < -0.4 is 20.5 Å². The van der Waals surface area contributed by atoms with Gasteiger partial charge in [0.2, 0.25) is 0 Å². The summed E-state index contributed by atoms with van der Waals surface area (Å²) < 4.78 is 33.5. The van der Waals surface area contributed by atoms with E-state index in [1.165, 1.54) is 37.8 Å². The zero-order valence-electron chi connectivity index (χ0n) is 14.7. The zero-order valence-corrected chi connectivity index (χ0v) is 16.5. The molecule has 26 heavy (non-hydrogen) atoms. The van der Waals surface area contributed by atoms with Gasteiger partial charge < -0.3 is 25.4 Å². The van der Waals surface area contributed by atoms with Crippen LogP contribution in [0.4, 0.5) is 24.1 Å². The second kappa shape index (κ2) is 11.8. The summed E-state index contributed by atoms with van der Waals surface area (Å²) >= 11 is 6.58. The standard InChI is InChI=1S/C8H5F2NO3S.C6H15N.CH3NOS/c9-8(10)13-5-2-1-4(11-7(12)15)3-6(5)14-8;1-4-7(5-2)6-3;2-1(3)4/h1-3H,(H2,11,12,15);4-6H2,1-3H3;(H3,2,3,4). The number of hydrogen-bond acceptors (Lipinski definition) is 5. The third-order valence-corrected chi connectivity index (χ3v) is 3.11. The van der Waals surface area contributed by atoms with Crippen LogP contribution in [-0.2, 0) is 0 Å². The summed E-state index contributed by atoms with van der Waals surface area (Å²) in [5.74, 6) is -0.197. The van der Waals surface area contributed by atoms with Gasteiger partial charge in [-0.2, -0.15) is 0 Å². The number of anilines is 1. The van der Waals surface area contributed by atoms with Crippen LogP contribution in [-0.4, -0.2) is 41.3 Å². The molecule has 148 valence electrons. The summed E-state index contributed by atoms with van der Waals surface area (Å²) in [5.41, 5.74) is 4.64. The SMILES string of the molecule is CCN(CC)CC.NC(=O)S.O=C(S)Nc1ccc2c(c1)OC(F)(F)O2. The number of benzene rings is 1. The number of nitrogens with zero attached hydrogens (tertiary/aromatic N) is 1. The lowest BCUT2D eigenvalue weighted by molar-refractivity contribution is -0.286. The maximum atomic E-state index is 12.6. The molecule has 0 aliphatic carbocycles. The Morgan fingerprint density at radius 1 is 1.12 bits per heavy atom. The van der Waals surface area contributed by atoms with Gasteiger partial charge in [-0.3, -0.25) is 9.59 Å². The van der Waals surface area contributed by atoms with Crippen molar-refractivity contribution in [2.75, 3.05) is 25.0 Å². The highest BCUT2D eigenvalue weighted by Crippen LogP contribution is 2.42. The molecular formula is C15H23F2N3O4S2. The van der Waals surface area contributed by atoms with Gasteiger partial charge >= 0.3 is 6.29 Å². The van der Waals surface area contributed by atoms with Crippen molar-refractivity contribution in [2.45, 2.75) is 27.1 Å². The van der Waals surface area contributed by atoms with E-state index in [2.05, 4.69) is 71.5 Å². The number of alkyl halides is 2. The molecule has 2 amide bonds. The third-order valence-electron chi connectivity index (χ3n) is 2.99. The molecule has 0 saturated heterocycles. The van der Waals surface area contributed by atoms with Crippen molar-refractivity contribution in [3.05, 3.63) is 18.2 Å². The Morgan fingerprint density at radius 2 is 1.58 bits per heavy atom. The molecule has 11 heteroatoms. The van der Waals surface area contributed by atoms with E-state index in [4.69, 9.17) is 4.79 Å². The molecule has 0 unspecified atom stereocenters. The van der Waals surface area contributed by atoms with Gasteiger partial charge in [0, 0.05) is 11.8 Å². The predicted octanol–water partition coefficient (Wildman–Crippen LogP) is 3.81. The summed E-state index contributed by atoms with van der Waals surface area (Å²) in [6.45, 7) is 10.1. The van der Waals surface area contributed by atoms with Gasteiger partial charge in [-0.1, -0.05) is 46.0 Å². The van der Waals surface area contributed by atoms with Crippen LogP contribution in [0.3, 0.4) is 0 Å². The van der Waals surface area contributed by atoms with Crippen molar-refractivity contribution in [3.8, 4) is 11.5 Å². The van der Waals surface area contributed by atoms with E-state index in [9.17, 15) is 13.6 Å². The number of nitrogens with one attached hydrogen (secondary N) is 1. The largest absolute Gasteiger partial charge is 0.586 e. The van der Waals surface area contributed by atoms with E-state index in [0.717, 1.165) is 0 Å². The Balaban J connectivity index is 0.000000477. The quantitative estimate of drug-likeness (QED) is 0.565. The van der Waals surface area contributed by atoms with E-state index in [-0.39, 0.29) is 11.5 Å². The number of carbonyl (C=O) groups is 2. The highest BCUT2D eigenvalue weighted by molar-refractivity contribution is 7.97. The lowest BCUT2D eigenvalue weighted by Crippen LogP contribution is -2.25. The fourth-order valence-corrected chi connectivity index (χ4v) is 1.95. The molecule has 0 aromatic heterocycles. The third kappa shape index (κ3) is 10.3. The molecule has 1 aliphatic rings. The number of primary amides is 1. The average Bonchev–Trinajstić information content (AvgIpc) is 2.81. The number of rotatable bonds is 4. The van der Waals surface area contributed by atoms with Gasteiger partial charge in [0.25, 0.3) is 10.5 Å². The first-order chi connectivity index (χ1) is 12.0. The molecule has 1 aromatic rings. The van der Waals surface area contributed by atoms with Crippen LogP contribution in [0.2, 0.25) is 0 Å². The van der Waals surface area contributed by atoms with E-state index in [0.29, 0.717) is 5.69 Å². The van der Waals surface area contributed by atoms with Crippen molar-refractivity contribution in [2.24, 2.45) is 5.73 Å². The minimum Gasteiger partial charge on any atom is -0.395 e. The molecular weight excluding hydrogens is 388 g/mol. The summed E-state index contributed by atoms with van der Waals surface area (Å²) in [6.07, 6.45) is -3.65. The van der Waals surface area contributed by atoms with Crippen LogP contribution in [0.25, 0.3) is 0 Å². The molecule has 0 fully saturated rings. The summed E-state index contributed by atoms with van der Waals surface area (Å²) in [7, 11) is 0. The Labute approximate surface area is 162 Å². The number of amides is 2. The number of halogens is 2. The normalized spacial score (nSPS) is 13.1. The van der Waals surface area contributed by atoms with Crippen molar-refractivity contribution < 1.29 is 27.8 Å². The van der Waals surface area contributed by atoms with Crippen molar-refractivity contribution in [1.29, 1.82) is 0 Å². The minimum absolute atomic E-state index is 0.0721. The number of ether oxygens (including phenoxy) is 2. The van der Waals surface area contributed by atoms with Crippen LogP contribution in [0.5, 0.6) is 11.5 Å². The molecule has 2 rings (SSSR count). The van der Waals surface area contributed by atoms with E-state index in [1.807, 2.05) is 0 Å². The number of thiol groups is 2. The van der Waals surface area contributed by atoms with Crippen molar-refractivity contribution >= 4 is 41.4 Å². The van der Waals surface area contributed by atoms with E-state index >= 15 is 0 Å². The highest BCUT2D eigenvalue weighted by Gasteiger charge is 2.43. The van der Waals surface area contributed by atoms with Crippen molar-refractivity contribution in [3.63, 3.8) is 0 Å². The smallest absolute Gasteiger partial charge is 0.395 e. The first-order valence-electron chi connectivity index (χ1n) is 7.65.